The lowest BCUT2D eigenvalue weighted by Crippen LogP contribution is -2.32. The first-order chi connectivity index (χ1) is 7.78. The predicted octanol–water partition coefficient (Wildman–Crippen LogP) is 2.76. The molecule has 3 heteroatoms. The highest BCUT2D eigenvalue weighted by Gasteiger charge is 2.20. The van der Waals surface area contributed by atoms with Gasteiger partial charge in [-0.3, -0.25) is 0 Å². The third-order valence-corrected chi connectivity index (χ3v) is 3.27. The van der Waals surface area contributed by atoms with Gasteiger partial charge in [0, 0.05) is 12.0 Å². The quantitative estimate of drug-likeness (QED) is 0.848. The predicted molar refractivity (Wildman–Crippen MR) is 61.6 cm³/mol. The van der Waals surface area contributed by atoms with E-state index >= 15 is 0 Å². The van der Waals surface area contributed by atoms with Crippen molar-refractivity contribution in [2.24, 2.45) is 5.92 Å². The van der Waals surface area contributed by atoms with Crippen molar-refractivity contribution in [1.82, 2.24) is 5.32 Å². The maximum Gasteiger partial charge on any atom is 0.117 e. The third-order valence-electron chi connectivity index (χ3n) is 3.27. The van der Waals surface area contributed by atoms with Gasteiger partial charge in [0.15, 0.2) is 0 Å². The molecule has 2 rings (SSSR count). The summed E-state index contributed by atoms with van der Waals surface area (Å²) in [5.41, 5.74) is 0. The number of nitrogens with one attached hydrogen (secondary N) is 1. The SMILES string of the molecule is Cc1ccc(CNC2CCC(C#N)CC2)o1. The molecule has 1 N–H and O–H groups in total. The molecule has 1 fully saturated rings. The van der Waals surface area contributed by atoms with E-state index in [2.05, 4.69) is 11.4 Å². The molecule has 1 saturated carbocycles. The van der Waals surface area contributed by atoms with Crippen LogP contribution in [0.25, 0.3) is 0 Å². The van der Waals surface area contributed by atoms with E-state index in [9.17, 15) is 0 Å². The number of furan rings is 1. The summed E-state index contributed by atoms with van der Waals surface area (Å²) >= 11 is 0. The lowest BCUT2D eigenvalue weighted by Gasteiger charge is -2.25. The molecule has 0 bridgehead atoms. The van der Waals surface area contributed by atoms with Crippen molar-refractivity contribution in [3.05, 3.63) is 23.7 Å². The van der Waals surface area contributed by atoms with E-state index in [4.69, 9.17) is 9.68 Å². The Labute approximate surface area is 96.4 Å². The number of rotatable bonds is 3. The van der Waals surface area contributed by atoms with Crippen LogP contribution in [-0.2, 0) is 6.54 Å². The van der Waals surface area contributed by atoms with E-state index in [1.807, 2.05) is 19.1 Å². The molecule has 0 aliphatic heterocycles. The summed E-state index contributed by atoms with van der Waals surface area (Å²) in [7, 11) is 0. The van der Waals surface area contributed by atoms with Gasteiger partial charge in [-0.05, 0) is 44.7 Å². The van der Waals surface area contributed by atoms with E-state index in [0.717, 1.165) is 43.7 Å². The molecule has 0 amide bonds. The zero-order chi connectivity index (χ0) is 11.4. The minimum absolute atomic E-state index is 0.281. The number of nitriles is 1. The van der Waals surface area contributed by atoms with Crippen molar-refractivity contribution >= 4 is 0 Å². The van der Waals surface area contributed by atoms with E-state index in [1.54, 1.807) is 0 Å². The normalized spacial score (nSPS) is 25.2. The molecule has 1 aliphatic rings. The van der Waals surface area contributed by atoms with Crippen LogP contribution < -0.4 is 5.32 Å². The first kappa shape index (κ1) is 11.2. The average molecular weight is 218 g/mol. The summed E-state index contributed by atoms with van der Waals surface area (Å²) in [5.74, 6) is 2.24. The van der Waals surface area contributed by atoms with Crippen LogP contribution in [0.2, 0.25) is 0 Å². The van der Waals surface area contributed by atoms with Gasteiger partial charge in [0.2, 0.25) is 0 Å². The lowest BCUT2D eigenvalue weighted by molar-refractivity contribution is 0.321. The Morgan fingerprint density at radius 1 is 1.38 bits per heavy atom. The molecule has 16 heavy (non-hydrogen) atoms. The Hall–Kier alpha value is -1.27. The van der Waals surface area contributed by atoms with Crippen LogP contribution in [0.5, 0.6) is 0 Å². The number of hydrogen-bond donors (Lipinski definition) is 1. The van der Waals surface area contributed by atoms with Crippen molar-refractivity contribution in [3.8, 4) is 6.07 Å². The first-order valence-corrected chi connectivity index (χ1v) is 5.96. The minimum Gasteiger partial charge on any atom is -0.465 e. The Balaban J connectivity index is 1.74. The van der Waals surface area contributed by atoms with Gasteiger partial charge in [-0.1, -0.05) is 0 Å². The maximum absolute atomic E-state index is 8.80. The highest BCUT2D eigenvalue weighted by molar-refractivity contribution is 5.05. The largest absolute Gasteiger partial charge is 0.465 e. The molecular formula is C13H18N2O. The van der Waals surface area contributed by atoms with Crippen LogP contribution in [0.15, 0.2) is 16.5 Å². The number of nitrogens with zero attached hydrogens (tertiary/aromatic N) is 1. The molecule has 0 aromatic carbocycles. The highest BCUT2D eigenvalue weighted by Crippen LogP contribution is 2.23. The first-order valence-electron chi connectivity index (χ1n) is 5.96. The van der Waals surface area contributed by atoms with Crippen LogP contribution in [0, 0.1) is 24.2 Å². The summed E-state index contributed by atoms with van der Waals surface area (Å²) in [6.07, 6.45) is 4.28. The van der Waals surface area contributed by atoms with Crippen LogP contribution >= 0.6 is 0 Å². The van der Waals surface area contributed by atoms with Crippen LogP contribution in [0.1, 0.15) is 37.2 Å². The molecule has 0 spiro atoms. The topological polar surface area (TPSA) is 49.0 Å². The number of hydrogen-bond acceptors (Lipinski definition) is 3. The zero-order valence-corrected chi connectivity index (χ0v) is 9.70. The van der Waals surface area contributed by atoms with Crippen LogP contribution in [0.3, 0.4) is 0 Å². The van der Waals surface area contributed by atoms with Gasteiger partial charge >= 0.3 is 0 Å². The van der Waals surface area contributed by atoms with Crippen molar-refractivity contribution < 1.29 is 4.42 Å². The Morgan fingerprint density at radius 3 is 2.69 bits per heavy atom. The van der Waals surface area contributed by atoms with Gasteiger partial charge in [-0.2, -0.15) is 5.26 Å². The molecule has 1 aromatic heterocycles. The fourth-order valence-corrected chi connectivity index (χ4v) is 2.25. The van der Waals surface area contributed by atoms with Crippen molar-refractivity contribution in [3.63, 3.8) is 0 Å². The van der Waals surface area contributed by atoms with Crippen molar-refractivity contribution in [1.29, 1.82) is 5.26 Å². The summed E-state index contributed by atoms with van der Waals surface area (Å²) in [6, 6.07) is 6.91. The average Bonchev–Trinajstić information content (AvgIpc) is 2.73. The molecule has 0 unspecified atom stereocenters. The van der Waals surface area contributed by atoms with E-state index in [-0.39, 0.29) is 5.92 Å². The van der Waals surface area contributed by atoms with Gasteiger partial charge in [0.1, 0.15) is 11.5 Å². The van der Waals surface area contributed by atoms with E-state index < -0.39 is 0 Å². The van der Waals surface area contributed by atoms with E-state index in [0.29, 0.717) is 6.04 Å². The molecule has 3 nitrogen and oxygen atoms in total. The Morgan fingerprint density at radius 2 is 2.12 bits per heavy atom. The molecule has 0 atom stereocenters. The van der Waals surface area contributed by atoms with Gasteiger partial charge in [-0.25, -0.2) is 0 Å². The third kappa shape index (κ3) is 2.86. The standard InChI is InChI=1S/C13H18N2O/c1-10-2-7-13(16-10)9-15-12-5-3-11(8-14)4-6-12/h2,7,11-12,15H,3-6,9H2,1H3. The van der Waals surface area contributed by atoms with Gasteiger partial charge < -0.3 is 9.73 Å². The van der Waals surface area contributed by atoms with Crippen LogP contribution in [-0.4, -0.2) is 6.04 Å². The second-order valence-corrected chi connectivity index (χ2v) is 4.57. The molecule has 1 aliphatic carbocycles. The second-order valence-electron chi connectivity index (χ2n) is 4.57. The molecular weight excluding hydrogens is 200 g/mol. The van der Waals surface area contributed by atoms with Gasteiger partial charge in [0.05, 0.1) is 12.6 Å². The van der Waals surface area contributed by atoms with Crippen molar-refractivity contribution in [2.45, 2.75) is 45.2 Å². The fraction of sp³-hybridized carbons (Fsp3) is 0.615. The lowest BCUT2D eigenvalue weighted by atomic mass is 9.87. The number of aryl methyl sites for hydroxylation is 1. The Kier molecular flexibility index (Phi) is 3.63. The second kappa shape index (κ2) is 5.18. The zero-order valence-electron chi connectivity index (χ0n) is 9.70. The molecule has 0 radical (unpaired) electrons. The van der Waals surface area contributed by atoms with Gasteiger partial charge in [0.25, 0.3) is 0 Å². The Bertz CT molecular complexity index is 370. The van der Waals surface area contributed by atoms with Gasteiger partial charge in [-0.15, -0.1) is 0 Å². The summed E-state index contributed by atoms with van der Waals surface area (Å²) in [4.78, 5) is 0. The molecule has 1 aromatic rings. The summed E-state index contributed by atoms with van der Waals surface area (Å²) < 4.78 is 5.50. The molecule has 0 saturated heterocycles. The monoisotopic (exact) mass is 218 g/mol. The summed E-state index contributed by atoms with van der Waals surface area (Å²) in [6.45, 7) is 2.76. The molecule has 1 heterocycles. The van der Waals surface area contributed by atoms with Crippen LogP contribution in [0.4, 0.5) is 0 Å². The molecule has 86 valence electrons. The minimum atomic E-state index is 0.281. The summed E-state index contributed by atoms with van der Waals surface area (Å²) in [5, 5.41) is 12.3. The fourth-order valence-electron chi connectivity index (χ4n) is 2.25. The highest BCUT2D eigenvalue weighted by atomic mass is 16.3. The van der Waals surface area contributed by atoms with Crippen molar-refractivity contribution in [2.75, 3.05) is 0 Å². The smallest absolute Gasteiger partial charge is 0.117 e. The maximum atomic E-state index is 8.80. The van der Waals surface area contributed by atoms with E-state index in [1.165, 1.54) is 0 Å².